The third-order valence-electron chi connectivity index (χ3n) is 4.87. The summed E-state index contributed by atoms with van der Waals surface area (Å²) < 4.78 is 1.92. The van der Waals surface area contributed by atoms with Gasteiger partial charge < -0.3 is 0 Å². The van der Waals surface area contributed by atoms with Gasteiger partial charge in [-0.15, -0.1) is 11.3 Å². The molecule has 4 nitrogen and oxygen atoms in total. The molecular formula is C18H27N3OS. The first-order valence-electron chi connectivity index (χ1n) is 8.84. The maximum atomic E-state index is 13.2. The molecule has 0 amide bonds. The lowest BCUT2D eigenvalue weighted by Gasteiger charge is -2.22. The standard InChI is InChI=1S/C18H27N3OS/c1-5-20(6-2)11-15-19-17-16(18(22)21(15)12(3)4)13-9-7-8-10-14(13)23-17/h12H,5-11H2,1-4H3. The first-order valence-corrected chi connectivity index (χ1v) is 9.66. The molecule has 0 saturated heterocycles. The fourth-order valence-electron chi connectivity index (χ4n) is 3.55. The summed E-state index contributed by atoms with van der Waals surface area (Å²) >= 11 is 1.75. The van der Waals surface area contributed by atoms with Crippen molar-refractivity contribution < 1.29 is 0 Å². The van der Waals surface area contributed by atoms with Crippen molar-refractivity contribution in [3.8, 4) is 0 Å². The van der Waals surface area contributed by atoms with Crippen LogP contribution in [0.5, 0.6) is 0 Å². The van der Waals surface area contributed by atoms with E-state index in [1.807, 2.05) is 4.57 Å². The van der Waals surface area contributed by atoms with Crippen molar-refractivity contribution in [3.05, 3.63) is 26.6 Å². The Morgan fingerprint density at radius 1 is 1.22 bits per heavy atom. The Bertz CT molecular complexity index is 756. The Kier molecular flexibility index (Phi) is 4.87. The number of rotatable bonds is 5. The largest absolute Gasteiger partial charge is 0.297 e. The third kappa shape index (κ3) is 2.96. The van der Waals surface area contributed by atoms with Crippen LogP contribution in [0.15, 0.2) is 4.79 Å². The number of fused-ring (bicyclic) bond motifs is 3. The molecule has 2 aromatic rings. The molecule has 23 heavy (non-hydrogen) atoms. The minimum Gasteiger partial charge on any atom is -0.297 e. The molecule has 0 N–H and O–H groups in total. The second-order valence-corrected chi connectivity index (χ2v) is 7.73. The molecule has 1 aliphatic carbocycles. The van der Waals surface area contributed by atoms with Crippen LogP contribution in [0.2, 0.25) is 0 Å². The van der Waals surface area contributed by atoms with E-state index in [-0.39, 0.29) is 11.6 Å². The highest BCUT2D eigenvalue weighted by atomic mass is 32.1. The Morgan fingerprint density at radius 2 is 1.91 bits per heavy atom. The van der Waals surface area contributed by atoms with E-state index < -0.39 is 0 Å². The predicted molar refractivity (Wildman–Crippen MR) is 97.5 cm³/mol. The van der Waals surface area contributed by atoms with Gasteiger partial charge in [-0.2, -0.15) is 0 Å². The van der Waals surface area contributed by atoms with Gasteiger partial charge in [-0.05, 0) is 58.2 Å². The quantitative estimate of drug-likeness (QED) is 0.836. The summed E-state index contributed by atoms with van der Waals surface area (Å²) in [6, 6.07) is 0.143. The van der Waals surface area contributed by atoms with E-state index in [4.69, 9.17) is 4.98 Å². The summed E-state index contributed by atoms with van der Waals surface area (Å²) in [6.07, 6.45) is 4.59. The van der Waals surface area contributed by atoms with Gasteiger partial charge in [0.2, 0.25) is 0 Å². The van der Waals surface area contributed by atoms with Gasteiger partial charge in [0.05, 0.1) is 11.9 Å². The van der Waals surface area contributed by atoms with Gasteiger partial charge in [-0.25, -0.2) is 4.98 Å². The summed E-state index contributed by atoms with van der Waals surface area (Å²) in [6.45, 7) is 11.2. The molecular weight excluding hydrogens is 306 g/mol. The van der Waals surface area contributed by atoms with Crippen LogP contribution < -0.4 is 5.56 Å². The molecule has 1 aliphatic rings. The lowest BCUT2D eigenvalue weighted by Crippen LogP contribution is -2.32. The highest BCUT2D eigenvalue weighted by Gasteiger charge is 2.23. The molecule has 0 aliphatic heterocycles. The molecule has 0 aromatic carbocycles. The van der Waals surface area contributed by atoms with E-state index in [1.54, 1.807) is 11.3 Å². The Hall–Kier alpha value is -1.20. The maximum absolute atomic E-state index is 13.2. The van der Waals surface area contributed by atoms with Crippen molar-refractivity contribution in [2.45, 2.75) is 66.0 Å². The van der Waals surface area contributed by atoms with Crippen molar-refractivity contribution in [2.75, 3.05) is 13.1 Å². The molecule has 5 heteroatoms. The minimum absolute atomic E-state index is 0.143. The molecule has 3 rings (SSSR count). The number of nitrogens with zero attached hydrogens (tertiary/aromatic N) is 3. The van der Waals surface area contributed by atoms with Crippen LogP contribution in [0.25, 0.3) is 10.2 Å². The molecule has 2 aromatic heterocycles. The number of aryl methyl sites for hydroxylation is 2. The second kappa shape index (κ2) is 6.73. The van der Waals surface area contributed by atoms with E-state index in [0.717, 1.165) is 48.5 Å². The average Bonchev–Trinajstić information content (AvgIpc) is 2.90. The number of hydrogen-bond donors (Lipinski definition) is 0. The summed E-state index contributed by atoms with van der Waals surface area (Å²) in [5.41, 5.74) is 1.46. The van der Waals surface area contributed by atoms with Crippen molar-refractivity contribution in [1.29, 1.82) is 0 Å². The predicted octanol–water partition coefficient (Wildman–Crippen LogP) is 3.76. The normalized spacial score (nSPS) is 14.9. The van der Waals surface area contributed by atoms with Gasteiger partial charge in [0, 0.05) is 10.9 Å². The molecule has 0 radical (unpaired) electrons. The minimum atomic E-state index is 0.143. The van der Waals surface area contributed by atoms with E-state index in [9.17, 15) is 4.79 Å². The van der Waals surface area contributed by atoms with Crippen LogP contribution >= 0.6 is 11.3 Å². The summed E-state index contributed by atoms with van der Waals surface area (Å²) in [5, 5.41) is 0.904. The lowest BCUT2D eigenvalue weighted by molar-refractivity contribution is 0.279. The molecule has 0 atom stereocenters. The molecule has 0 unspecified atom stereocenters. The van der Waals surface area contributed by atoms with Crippen molar-refractivity contribution in [3.63, 3.8) is 0 Å². The van der Waals surface area contributed by atoms with Gasteiger partial charge in [0.25, 0.3) is 5.56 Å². The smallest absolute Gasteiger partial charge is 0.262 e. The molecule has 0 bridgehead atoms. The first kappa shape index (κ1) is 16.7. The zero-order valence-electron chi connectivity index (χ0n) is 14.7. The van der Waals surface area contributed by atoms with Crippen molar-refractivity contribution in [1.82, 2.24) is 14.5 Å². The van der Waals surface area contributed by atoms with E-state index in [0.29, 0.717) is 0 Å². The molecule has 2 heterocycles. The Balaban J connectivity index is 2.20. The zero-order valence-corrected chi connectivity index (χ0v) is 15.5. The van der Waals surface area contributed by atoms with Crippen LogP contribution in [-0.2, 0) is 19.4 Å². The van der Waals surface area contributed by atoms with Gasteiger partial charge >= 0.3 is 0 Å². The maximum Gasteiger partial charge on any atom is 0.262 e. The molecule has 126 valence electrons. The fourth-order valence-corrected chi connectivity index (χ4v) is 4.82. The van der Waals surface area contributed by atoms with Gasteiger partial charge in [-0.1, -0.05) is 13.8 Å². The number of aromatic nitrogens is 2. The summed E-state index contributed by atoms with van der Waals surface area (Å²) in [5.74, 6) is 0.916. The van der Waals surface area contributed by atoms with E-state index >= 15 is 0 Å². The van der Waals surface area contributed by atoms with Gasteiger partial charge in [0.15, 0.2) is 0 Å². The molecule has 0 fully saturated rings. The van der Waals surface area contributed by atoms with Crippen molar-refractivity contribution in [2.24, 2.45) is 0 Å². The lowest BCUT2D eigenvalue weighted by atomic mass is 9.97. The number of thiophene rings is 1. The molecule has 0 spiro atoms. The summed E-state index contributed by atoms with van der Waals surface area (Å²) in [7, 11) is 0. The zero-order chi connectivity index (χ0) is 16.6. The Morgan fingerprint density at radius 3 is 2.57 bits per heavy atom. The second-order valence-electron chi connectivity index (χ2n) is 6.65. The average molecular weight is 334 g/mol. The fraction of sp³-hybridized carbons (Fsp3) is 0.667. The Labute approximate surface area is 142 Å². The van der Waals surface area contributed by atoms with Gasteiger partial charge in [-0.3, -0.25) is 14.3 Å². The first-order chi connectivity index (χ1) is 11.1. The van der Waals surface area contributed by atoms with E-state index in [1.165, 1.54) is 23.3 Å². The SMILES string of the molecule is CCN(CC)Cc1nc2sc3c(c2c(=O)n1C(C)C)CCCC3. The number of hydrogen-bond acceptors (Lipinski definition) is 4. The van der Waals surface area contributed by atoms with Crippen LogP contribution in [0, 0.1) is 0 Å². The van der Waals surface area contributed by atoms with Gasteiger partial charge in [0.1, 0.15) is 10.7 Å². The van der Waals surface area contributed by atoms with Crippen LogP contribution in [0.3, 0.4) is 0 Å². The third-order valence-corrected chi connectivity index (χ3v) is 6.06. The molecule has 0 saturated carbocycles. The topological polar surface area (TPSA) is 38.1 Å². The van der Waals surface area contributed by atoms with Crippen molar-refractivity contribution >= 4 is 21.6 Å². The van der Waals surface area contributed by atoms with Crippen LogP contribution in [0.4, 0.5) is 0 Å². The highest BCUT2D eigenvalue weighted by Crippen LogP contribution is 2.34. The van der Waals surface area contributed by atoms with Crippen LogP contribution in [-0.4, -0.2) is 27.5 Å². The van der Waals surface area contributed by atoms with Crippen LogP contribution in [0.1, 0.15) is 62.8 Å². The van der Waals surface area contributed by atoms with E-state index in [2.05, 4.69) is 32.6 Å². The summed E-state index contributed by atoms with van der Waals surface area (Å²) in [4.78, 5) is 22.8. The highest BCUT2D eigenvalue weighted by molar-refractivity contribution is 7.18. The monoisotopic (exact) mass is 333 g/mol.